The molecule has 7 heteroatoms. The Morgan fingerprint density at radius 1 is 0.903 bits per heavy atom. The van der Waals surface area contributed by atoms with Gasteiger partial charge in [-0.3, -0.25) is 4.98 Å². The van der Waals surface area contributed by atoms with Crippen molar-refractivity contribution in [3.05, 3.63) is 107 Å². The van der Waals surface area contributed by atoms with Gasteiger partial charge in [-0.2, -0.15) is 0 Å². The van der Waals surface area contributed by atoms with Gasteiger partial charge in [-0.05, 0) is 60.7 Å². The van der Waals surface area contributed by atoms with E-state index in [2.05, 4.69) is 15.2 Å². The van der Waals surface area contributed by atoms with Gasteiger partial charge in [-0.1, -0.05) is 53.5 Å². The first-order chi connectivity index (χ1) is 15.1. The molecule has 3 heterocycles. The highest BCUT2D eigenvalue weighted by Gasteiger charge is 2.42. The van der Waals surface area contributed by atoms with E-state index in [1.54, 1.807) is 12.3 Å². The summed E-state index contributed by atoms with van der Waals surface area (Å²) in [5.41, 5.74) is 2.60. The minimum absolute atomic E-state index is 0.178. The van der Waals surface area contributed by atoms with E-state index in [0.29, 0.717) is 20.9 Å². The summed E-state index contributed by atoms with van der Waals surface area (Å²) >= 11 is 18.4. The SMILES string of the molecule is S=C1N[C@@H](c2ccccn2)[C@@H](c2ccc(-c3cccc(Cl)c3Cl)o2)N1c1ccccc1. The van der Waals surface area contributed by atoms with Crippen LogP contribution in [0.25, 0.3) is 11.3 Å². The summed E-state index contributed by atoms with van der Waals surface area (Å²) in [6.07, 6.45) is 1.78. The van der Waals surface area contributed by atoms with Crippen LogP contribution in [0.4, 0.5) is 5.69 Å². The number of hydrogen-bond acceptors (Lipinski definition) is 3. The maximum Gasteiger partial charge on any atom is 0.174 e. The first kappa shape index (κ1) is 20.1. The van der Waals surface area contributed by atoms with Crippen LogP contribution in [0.3, 0.4) is 0 Å². The van der Waals surface area contributed by atoms with Crippen molar-refractivity contribution in [2.75, 3.05) is 4.90 Å². The molecule has 4 nitrogen and oxygen atoms in total. The monoisotopic (exact) mass is 465 g/mol. The Hall–Kier alpha value is -2.86. The van der Waals surface area contributed by atoms with Crippen LogP contribution in [0.15, 0.2) is 89.5 Å². The quantitative estimate of drug-likeness (QED) is 0.334. The third kappa shape index (κ3) is 3.69. The fraction of sp³-hybridized carbons (Fsp3) is 0.0833. The fourth-order valence-electron chi connectivity index (χ4n) is 3.86. The Morgan fingerprint density at radius 2 is 1.71 bits per heavy atom. The number of thiocarbonyl (C=S) groups is 1. The van der Waals surface area contributed by atoms with Gasteiger partial charge in [0.25, 0.3) is 0 Å². The van der Waals surface area contributed by atoms with Crippen LogP contribution in [0.1, 0.15) is 23.5 Å². The van der Waals surface area contributed by atoms with Crippen LogP contribution in [-0.2, 0) is 0 Å². The lowest BCUT2D eigenvalue weighted by Gasteiger charge is -2.26. The topological polar surface area (TPSA) is 41.3 Å². The van der Waals surface area contributed by atoms with E-state index in [0.717, 1.165) is 22.7 Å². The number of furan rings is 1. The number of nitrogens with one attached hydrogen (secondary N) is 1. The normalized spacial score (nSPS) is 18.3. The first-order valence-corrected chi connectivity index (χ1v) is 10.9. The maximum atomic E-state index is 6.42. The van der Waals surface area contributed by atoms with E-state index in [-0.39, 0.29) is 12.1 Å². The highest BCUT2D eigenvalue weighted by molar-refractivity contribution is 7.80. The van der Waals surface area contributed by atoms with Crippen molar-refractivity contribution >= 4 is 46.2 Å². The Morgan fingerprint density at radius 3 is 2.48 bits per heavy atom. The van der Waals surface area contributed by atoms with E-state index in [9.17, 15) is 0 Å². The van der Waals surface area contributed by atoms with Crippen molar-refractivity contribution in [3.8, 4) is 11.3 Å². The molecule has 0 spiro atoms. The van der Waals surface area contributed by atoms with Crippen molar-refractivity contribution in [2.45, 2.75) is 12.1 Å². The molecule has 0 aliphatic carbocycles. The number of nitrogens with zero attached hydrogens (tertiary/aromatic N) is 2. The lowest BCUT2D eigenvalue weighted by atomic mass is 10.0. The van der Waals surface area contributed by atoms with Crippen LogP contribution in [0.2, 0.25) is 10.0 Å². The number of halogens is 2. The molecule has 0 amide bonds. The van der Waals surface area contributed by atoms with Gasteiger partial charge < -0.3 is 14.6 Å². The molecule has 2 aromatic heterocycles. The summed E-state index contributed by atoms with van der Waals surface area (Å²) in [7, 11) is 0. The molecule has 2 atom stereocenters. The fourth-order valence-corrected chi connectivity index (χ4v) is 4.60. The Labute approximate surface area is 195 Å². The number of para-hydroxylation sites is 1. The van der Waals surface area contributed by atoms with Crippen molar-refractivity contribution in [1.82, 2.24) is 10.3 Å². The van der Waals surface area contributed by atoms with Gasteiger partial charge in [0.2, 0.25) is 0 Å². The van der Waals surface area contributed by atoms with Crippen molar-refractivity contribution in [1.29, 1.82) is 0 Å². The van der Waals surface area contributed by atoms with E-state index >= 15 is 0 Å². The number of aromatic nitrogens is 1. The van der Waals surface area contributed by atoms with Crippen LogP contribution >= 0.6 is 35.4 Å². The van der Waals surface area contributed by atoms with E-state index in [1.807, 2.05) is 72.8 Å². The zero-order valence-corrected chi connectivity index (χ0v) is 18.5. The molecule has 2 aromatic carbocycles. The highest BCUT2D eigenvalue weighted by Crippen LogP contribution is 2.43. The summed E-state index contributed by atoms with van der Waals surface area (Å²) in [4.78, 5) is 6.63. The number of rotatable bonds is 4. The summed E-state index contributed by atoms with van der Waals surface area (Å²) in [6, 6.07) is 24.8. The average Bonchev–Trinajstić information content (AvgIpc) is 3.41. The Balaban J connectivity index is 1.61. The lowest BCUT2D eigenvalue weighted by Crippen LogP contribution is -2.29. The molecular formula is C24H17Cl2N3OS. The predicted octanol–water partition coefficient (Wildman–Crippen LogP) is 6.83. The van der Waals surface area contributed by atoms with Crippen LogP contribution in [0, 0.1) is 0 Å². The summed E-state index contributed by atoms with van der Waals surface area (Å²) in [5.74, 6) is 1.39. The van der Waals surface area contributed by atoms with Gasteiger partial charge in [-0.15, -0.1) is 0 Å². The van der Waals surface area contributed by atoms with Crippen molar-refractivity contribution in [2.24, 2.45) is 0 Å². The molecule has 31 heavy (non-hydrogen) atoms. The molecular weight excluding hydrogens is 449 g/mol. The molecule has 1 N–H and O–H groups in total. The number of benzene rings is 2. The molecule has 1 aliphatic heterocycles. The molecule has 1 aliphatic rings. The van der Waals surface area contributed by atoms with Gasteiger partial charge in [0.1, 0.15) is 17.6 Å². The summed E-state index contributed by atoms with van der Waals surface area (Å²) in [6.45, 7) is 0. The largest absolute Gasteiger partial charge is 0.459 e. The summed E-state index contributed by atoms with van der Waals surface area (Å²) < 4.78 is 6.33. The molecule has 0 radical (unpaired) electrons. The molecule has 5 rings (SSSR count). The zero-order valence-electron chi connectivity index (χ0n) is 16.2. The summed E-state index contributed by atoms with van der Waals surface area (Å²) in [5, 5.41) is 4.99. The van der Waals surface area contributed by atoms with Gasteiger partial charge in [0.15, 0.2) is 5.11 Å². The third-order valence-electron chi connectivity index (χ3n) is 5.27. The minimum Gasteiger partial charge on any atom is -0.459 e. The predicted molar refractivity (Wildman–Crippen MR) is 129 cm³/mol. The first-order valence-electron chi connectivity index (χ1n) is 9.73. The molecule has 1 fully saturated rings. The zero-order chi connectivity index (χ0) is 21.4. The van der Waals surface area contributed by atoms with E-state index < -0.39 is 0 Å². The minimum atomic E-state index is -0.225. The van der Waals surface area contributed by atoms with Gasteiger partial charge in [0.05, 0.1) is 21.8 Å². The smallest absolute Gasteiger partial charge is 0.174 e. The molecule has 4 aromatic rings. The molecule has 0 bridgehead atoms. The third-order valence-corrected chi connectivity index (χ3v) is 6.40. The number of hydrogen-bond donors (Lipinski definition) is 1. The molecule has 0 saturated carbocycles. The van der Waals surface area contributed by atoms with Crippen LogP contribution in [0.5, 0.6) is 0 Å². The van der Waals surface area contributed by atoms with Gasteiger partial charge in [-0.25, -0.2) is 0 Å². The van der Waals surface area contributed by atoms with Crippen molar-refractivity contribution in [3.63, 3.8) is 0 Å². The van der Waals surface area contributed by atoms with E-state index in [4.69, 9.17) is 39.8 Å². The standard InChI is InChI=1S/C24H17Cl2N3OS/c25-17-10-6-9-16(21(17)26)19-12-13-20(30-19)23-22(18-11-4-5-14-27-18)28-24(31)29(23)15-7-2-1-3-8-15/h1-14,22-23H,(H,28,31)/t22-,23+/m0/s1. The Kier molecular flexibility index (Phi) is 5.40. The maximum absolute atomic E-state index is 6.42. The second kappa shape index (κ2) is 8.35. The molecule has 154 valence electrons. The van der Waals surface area contributed by atoms with E-state index in [1.165, 1.54) is 0 Å². The Bertz CT molecular complexity index is 1230. The molecule has 0 unspecified atom stereocenters. The molecule has 1 saturated heterocycles. The number of anilines is 1. The van der Waals surface area contributed by atoms with Crippen LogP contribution in [-0.4, -0.2) is 10.1 Å². The second-order valence-electron chi connectivity index (χ2n) is 7.14. The van der Waals surface area contributed by atoms with Gasteiger partial charge >= 0.3 is 0 Å². The average molecular weight is 466 g/mol. The number of pyridine rings is 1. The van der Waals surface area contributed by atoms with Crippen molar-refractivity contribution < 1.29 is 4.42 Å². The second-order valence-corrected chi connectivity index (χ2v) is 8.31. The highest BCUT2D eigenvalue weighted by atomic mass is 35.5. The van der Waals surface area contributed by atoms with Gasteiger partial charge in [0, 0.05) is 17.4 Å². The lowest BCUT2D eigenvalue weighted by molar-refractivity contribution is 0.439. The van der Waals surface area contributed by atoms with Crippen LogP contribution < -0.4 is 10.2 Å².